The first-order chi connectivity index (χ1) is 12.9. The van der Waals surface area contributed by atoms with Gasteiger partial charge in [0.25, 0.3) is 5.91 Å². The average molecular weight is 371 g/mol. The normalized spacial score (nSPS) is 10.3. The lowest BCUT2D eigenvalue weighted by molar-refractivity contribution is 0.0989. The van der Waals surface area contributed by atoms with Crippen molar-refractivity contribution in [3.63, 3.8) is 0 Å². The van der Waals surface area contributed by atoms with E-state index in [9.17, 15) is 14.7 Å². The minimum Gasteiger partial charge on any atom is -0.507 e. The minimum absolute atomic E-state index is 0.0640. The second-order valence-electron chi connectivity index (χ2n) is 6.20. The van der Waals surface area contributed by atoms with Gasteiger partial charge in [-0.25, -0.2) is 4.79 Å². The zero-order chi connectivity index (χ0) is 19.8. The Morgan fingerprint density at radius 1 is 1.19 bits per heavy atom. The van der Waals surface area contributed by atoms with Gasteiger partial charge >= 0.3 is 6.03 Å². The fourth-order valence-corrected chi connectivity index (χ4v) is 2.58. The molecule has 0 fully saturated rings. The van der Waals surface area contributed by atoms with Crippen LogP contribution in [0.4, 0.5) is 10.5 Å². The van der Waals surface area contributed by atoms with Gasteiger partial charge in [0.05, 0.1) is 17.9 Å². The van der Waals surface area contributed by atoms with Gasteiger partial charge in [0.15, 0.2) is 0 Å². The van der Waals surface area contributed by atoms with E-state index in [2.05, 4.69) is 5.32 Å². The number of para-hydroxylation sites is 1. The van der Waals surface area contributed by atoms with Crippen molar-refractivity contribution in [3.05, 3.63) is 53.6 Å². The lowest BCUT2D eigenvalue weighted by Crippen LogP contribution is -2.30. The summed E-state index contributed by atoms with van der Waals surface area (Å²) < 4.78 is 5.86. The first-order valence-corrected chi connectivity index (χ1v) is 8.73. The Morgan fingerprint density at radius 2 is 1.93 bits per heavy atom. The lowest BCUT2D eigenvalue weighted by Gasteiger charge is -2.22. The number of carbonyl (C=O) groups is 2. The molecule has 0 aromatic heterocycles. The van der Waals surface area contributed by atoms with Crippen molar-refractivity contribution in [2.75, 3.05) is 25.1 Å². The van der Waals surface area contributed by atoms with Crippen LogP contribution in [0, 0.1) is 6.92 Å². The maximum Gasteiger partial charge on any atom is 0.312 e. The van der Waals surface area contributed by atoms with Crippen molar-refractivity contribution in [3.8, 4) is 11.5 Å². The number of urea groups is 1. The predicted molar refractivity (Wildman–Crippen MR) is 104 cm³/mol. The molecule has 0 aliphatic heterocycles. The van der Waals surface area contributed by atoms with E-state index in [0.717, 1.165) is 18.4 Å². The highest BCUT2D eigenvalue weighted by atomic mass is 16.5. The van der Waals surface area contributed by atoms with Gasteiger partial charge in [-0.05, 0) is 49.6 Å². The number of ether oxygens (including phenoxy) is 1. The number of primary amides is 1. The van der Waals surface area contributed by atoms with Gasteiger partial charge in [-0.3, -0.25) is 4.79 Å². The third-order valence-corrected chi connectivity index (χ3v) is 4.04. The Labute approximate surface area is 158 Å². The standard InChI is InChI=1S/C20H25N3O4/c1-14-9-10-16(18(13-14)27-12-6-5-11-22-20(21)26)23(2)19(25)15-7-3-4-8-17(15)24/h3-4,7-10,13,24H,5-6,11-12H2,1-2H3,(H3,21,22,26). The first-order valence-electron chi connectivity index (χ1n) is 8.73. The average Bonchev–Trinajstić information content (AvgIpc) is 2.64. The van der Waals surface area contributed by atoms with Crippen LogP contribution in [0.25, 0.3) is 0 Å². The van der Waals surface area contributed by atoms with E-state index in [0.29, 0.717) is 24.6 Å². The Bertz CT molecular complexity index is 808. The Morgan fingerprint density at radius 3 is 2.63 bits per heavy atom. The van der Waals surface area contributed by atoms with Gasteiger partial charge in [-0.1, -0.05) is 18.2 Å². The molecular formula is C20H25N3O4. The van der Waals surface area contributed by atoms with Gasteiger partial charge in [0, 0.05) is 13.6 Å². The fraction of sp³-hybridized carbons (Fsp3) is 0.300. The molecule has 0 saturated heterocycles. The zero-order valence-electron chi connectivity index (χ0n) is 15.6. The van der Waals surface area contributed by atoms with Gasteiger partial charge in [0.2, 0.25) is 0 Å². The van der Waals surface area contributed by atoms with E-state index < -0.39 is 6.03 Å². The molecule has 0 radical (unpaired) electrons. The number of hydrogen-bond donors (Lipinski definition) is 3. The summed E-state index contributed by atoms with van der Waals surface area (Å²) in [6.07, 6.45) is 1.46. The number of nitrogens with one attached hydrogen (secondary N) is 1. The highest BCUT2D eigenvalue weighted by Crippen LogP contribution is 2.31. The molecule has 27 heavy (non-hydrogen) atoms. The predicted octanol–water partition coefficient (Wildman–Crippen LogP) is 2.80. The number of carbonyl (C=O) groups excluding carboxylic acids is 2. The number of benzene rings is 2. The molecule has 144 valence electrons. The third kappa shape index (κ3) is 5.64. The SMILES string of the molecule is Cc1ccc(N(C)C(=O)c2ccccc2O)c(OCCCCNC(N)=O)c1. The summed E-state index contributed by atoms with van der Waals surface area (Å²) in [5, 5.41) is 12.5. The summed E-state index contributed by atoms with van der Waals surface area (Å²) >= 11 is 0. The van der Waals surface area contributed by atoms with Crippen molar-refractivity contribution in [2.45, 2.75) is 19.8 Å². The molecule has 7 nitrogen and oxygen atoms in total. The largest absolute Gasteiger partial charge is 0.507 e. The van der Waals surface area contributed by atoms with E-state index in [1.165, 1.54) is 11.0 Å². The molecule has 0 saturated carbocycles. The van der Waals surface area contributed by atoms with E-state index in [1.807, 2.05) is 25.1 Å². The molecule has 0 bridgehead atoms. The number of unbranched alkanes of at least 4 members (excludes halogenated alkanes) is 1. The van der Waals surface area contributed by atoms with Crippen molar-refractivity contribution in [1.29, 1.82) is 0 Å². The molecule has 4 N–H and O–H groups in total. The van der Waals surface area contributed by atoms with Crippen LogP contribution in [0.2, 0.25) is 0 Å². The lowest BCUT2D eigenvalue weighted by atomic mass is 10.1. The van der Waals surface area contributed by atoms with Crippen molar-refractivity contribution < 1.29 is 19.4 Å². The monoisotopic (exact) mass is 371 g/mol. The molecule has 0 heterocycles. The number of nitrogens with two attached hydrogens (primary N) is 1. The highest BCUT2D eigenvalue weighted by molar-refractivity contribution is 6.08. The number of aromatic hydroxyl groups is 1. The molecule has 0 atom stereocenters. The van der Waals surface area contributed by atoms with Gasteiger partial charge in [0.1, 0.15) is 11.5 Å². The fourth-order valence-electron chi connectivity index (χ4n) is 2.58. The van der Waals surface area contributed by atoms with Crippen LogP contribution in [-0.2, 0) is 0 Å². The Hall–Kier alpha value is -3.22. The molecule has 0 spiro atoms. The summed E-state index contributed by atoms with van der Waals surface area (Å²) in [7, 11) is 1.64. The molecule has 7 heteroatoms. The van der Waals surface area contributed by atoms with Crippen LogP contribution in [-0.4, -0.2) is 37.2 Å². The number of anilines is 1. The maximum absolute atomic E-state index is 12.7. The summed E-state index contributed by atoms with van der Waals surface area (Å²) in [4.78, 5) is 24.8. The molecular weight excluding hydrogens is 346 g/mol. The van der Waals surface area contributed by atoms with Gasteiger partial charge in [-0.2, -0.15) is 0 Å². The highest BCUT2D eigenvalue weighted by Gasteiger charge is 2.19. The molecule has 3 amide bonds. The number of hydrogen-bond acceptors (Lipinski definition) is 4. The van der Waals surface area contributed by atoms with Crippen LogP contribution < -0.4 is 20.7 Å². The zero-order valence-corrected chi connectivity index (χ0v) is 15.6. The summed E-state index contributed by atoms with van der Waals surface area (Å²) in [6.45, 7) is 2.87. The Balaban J connectivity index is 2.07. The quantitative estimate of drug-likeness (QED) is 0.621. The van der Waals surface area contributed by atoms with Crippen LogP contribution in [0.5, 0.6) is 11.5 Å². The van der Waals surface area contributed by atoms with Crippen molar-refractivity contribution in [1.82, 2.24) is 5.32 Å². The molecule has 2 aromatic carbocycles. The second kappa shape index (κ2) is 9.47. The number of phenolic OH excluding ortho intramolecular Hbond substituents is 1. The first kappa shape index (κ1) is 20.1. The van der Waals surface area contributed by atoms with Crippen molar-refractivity contribution in [2.24, 2.45) is 5.73 Å². The number of aryl methyl sites for hydroxylation is 1. The van der Waals surface area contributed by atoms with Gasteiger partial charge < -0.3 is 25.8 Å². The number of nitrogens with zero attached hydrogens (tertiary/aromatic N) is 1. The van der Waals surface area contributed by atoms with Crippen LogP contribution >= 0.6 is 0 Å². The maximum atomic E-state index is 12.7. The smallest absolute Gasteiger partial charge is 0.312 e. The van der Waals surface area contributed by atoms with Crippen LogP contribution in [0.3, 0.4) is 0 Å². The van der Waals surface area contributed by atoms with Gasteiger partial charge in [-0.15, -0.1) is 0 Å². The summed E-state index contributed by atoms with van der Waals surface area (Å²) in [5.74, 6) is 0.197. The summed E-state index contributed by atoms with van der Waals surface area (Å²) in [6, 6.07) is 11.5. The number of amides is 3. The molecule has 0 aliphatic carbocycles. The van der Waals surface area contributed by atoms with E-state index >= 15 is 0 Å². The van der Waals surface area contributed by atoms with E-state index in [1.54, 1.807) is 25.2 Å². The van der Waals surface area contributed by atoms with Crippen LogP contribution in [0.15, 0.2) is 42.5 Å². The van der Waals surface area contributed by atoms with Crippen molar-refractivity contribution >= 4 is 17.6 Å². The molecule has 0 unspecified atom stereocenters. The minimum atomic E-state index is -0.541. The van der Waals surface area contributed by atoms with Crippen LogP contribution in [0.1, 0.15) is 28.8 Å². The molecule has 0 aliphatic rings. The second-order valence-corrected chi connectivity index (χ2v) is 6.20. The number of rotatable bonds is 8. The topological polar surface area (TPSA) is 105 Å². The van der Waals surface area contributed by atoms with E-state index in [4.69, 9.17) is 10.5 Å². The molecule has 2 rings (SSSR count). The Kier molecular flexibility index (Phi) is 7.05. The summed E-state index contributed by atoms with van der Waals surface area (Å²) in [5.41, 5.74) is 6.87. The van der Waals surface area contributed by atoms with E-state index in [-0.39, 0.29) is 17.2 Å². The number of phenols is 1. The third-order valence-electron chi connectivity index (χ3n) is 4.04. The molecule has 2 aromatic rings.